The summed E-state index contributed by atoms with van der Waals surface area (Å²) in [5.41, 5.74) is 21.2. The van der Waals surface area contributed by atoms with Crippen molar-refractivity contribution in [3.05, 3.63) is 335 Å². The molecule has 0 saturated carbocycles. The number of rotatable bonds is 11. The molecule has 14 aromatic rings. The molecule has 3 nitrogen and oxygen atoms in total. The molecule has 11 aromatic carbocycles. The van der Waals surface area contributed by atoms with E-state index >= 15 is 0 Å². The highest BCUT2D eigenvalue weighted by atomic mass is 15.0. The van der Waals surface area contributed by atoms with E-state index < -0.39 is 0 Å². The molecule has 3 heteroatoms. The highest BCUT2D eigenvalue weighted by molar-refractivity contribution is 6.13. The quantitative estimate of drug-likeness (QED) is 0.115. The number of para-hydroxylation sites is 4. The second kappa shape index (κ2) is 23.3. The minimum atomic E-state index is 1.13. The molecule has 3 heterocycles. The molecular weight excluding hydrogens is 991 g/mol. The molecule has 14 rings (SSSR count). The van der Waals surface area contributed by atoms with Gasteiger partial charge in [-0.15, -0.1) is 0 Å². The summed E-state index contributed by atoms with van der Waals surface area (Å²) in [5.74, 6) is 0. The van der Waals surface area contributed by atoms with E-state index in [1.165, 1.54) is 98.8 Å². The van der Waals surface area contributed by atoms with Gasteiger partial charge in [-0.3, -0.25) is 0 Å². The molecule has 0 fully saturated rings. The summed E-state index contributed by atoms with van der Waals surface area (Å²) in [4.78, 5) is 0. The Morgan fingerprint density at radius 3 is 0.939 bits per heavy atom. The highest BCUT2D eigenvalue weighted by Gasteiger charge is 2.19. The third-order valence-electron chi connectivity index (χ3n) is 15.3. The third kappa shape index (κ3) is 10.0. The molecule has 0 radical (unpaired) electrons. The summed E-state index contributed by atoms with van der Waals surface area (Å²) in [5, 5.41) is 7.41. The predicted octanol–water partition coefficient (Wildman–Crippen LogP) is 21.9. The van der Waals surface area contributed by atoms with E-state index in [-0.39, 0.29) is 0 Å². The Labute approximate surface area is 480 Å². The zero-order chi connectivity index (χ0) is 55.9. The summed E-state index contributed by atoms with van der Waals surface area (Å²) in [7, 11) is 0. The SMILES string of the molecule is C=C/C=C(\C)C=C.C=C/C=C\C=C.c1ccc(-c2ccc(-n3c4ccccc4c4cc(-c5cc(-c6ccc7c(c6)c6ccccc6n7-c6ccc(-c7ccccc7)cc6)cc(-n6c7ccccc7c7ccccc76)c5)ccc43)cc2)cc1. The van der Waals surface area contributed by atoms with Crippen LogP contribution in [0.15, 0.2) is 335 Å². The Morgan fingerprint density at radius 2 is 0.585 bits per heavy atom. The minimum Gasteiger partial charge on any atom is -0.309 e. The highest BCUT2D eigenvalue weighted by Crippen LogP contribution is 2.41. The average molecular weight is 1050 g/mol. The average Bonchev–Trinajstić information content (AvgIpc) is 3.92. The first-order valence-electron chi connectivity index (χ1n) is 27.8. The third-order valence-corrected chi connectivity index (χ3v) is 15.3. The van der Waals surface area contributed by atoms with Gasteiger partial charge in [0.05, 0.1) is 33.1 Å². The zero-order valence-electron chi connectivity index (χ0n) is 46.0. The van der Waals surface area contributed by atoms with Crippen molar-refractivity contribution in [1.29, 1.82) is 0 Å². The van der Waals surface area contributed by atoms with E-state index in [1.807, 2.05) is 25.2 Å². The second-order valence-corrected chi connectivity index (χ2v) is 20.3. The fourth-order valence-electron chi connectivity index (χ4n) is 11.4. The number of fused-ring (bicyclic) bond motifs is 9. The van der Waals surface area contributed by atoms with Crippen molar-refractivity contribution < 1.29 is 0 Å². The van der Waals surface area contributed by atoms with Crippen LogP contribution in [-0.2, 0) is 0 Å². The Hall–Kier alpha value is -10.7. The van der Waals surface area contributed by atoms with Crippen LogP contribution in [0.25, 0.3) is 127 Å². The van der Waals surface area contributed by atoms with Crippen LogP contribution < -0.4 is 0 Å². The van der Waals surface area contributed by atoms with Crippen molar-refractivity contribution in [2.24, 2.45) is 0 Å². The van der Waals surface area contributed by atoms with Crippen molar-refractivity contribution in [2.75, 3.05) is 0 Å². The fraction of sp³-hybridized carbons (Fsp3) is 0.0127. The van der Waals surface area contributed by atoms with E-state index in [4.69, 9.17) is 0 Å². The van der Waals surface area contributed by atoms with Crippen molar-refractivity contribution in [2.45, 2.75) is 6.92 Å². The predicted molar refractivity (Wildman–Crippen MR) is 355 cm³/mol. The van der Waals surface area contributed by atoms with Crippen LogP contribution in [0.5, 0.6) is 0 Å². The van der Waals surface area contributed by atoms with Gasteiger partial charge >= 0.3 is 0 Å². The molecule has 0 aliphatic carbocycles. The minimum absolute atomic E-state index is 1.13. The van der Waals surface area contributed by atoms with Crippen molar-refractivity contribution in [3.8, 4) is 61.6 Å². The zero-order valence-corrected chi connectivity index (χ0v) is 46.0. The Balaban J connectivity index is 0.000000462. The summed E-state index contributed by atoms with van der Waals surface area (Å²) in [6, 6.07) is 95.6. The van der Waals surface area contributed by atoms with Gasteiger partial charge in [0.2, 0.25) is 0 Å². The molecule has 0 saturated heterocycles. The number of allylic oxidation sites excluding steroid dienone is 8. The van der Waals surface area contributed by atoms with Gasteiger partial charge in [-0.05, 0) is 142 Å². The van der Waals surface area contributed by atoms with Gasteiger partial charge in [-0.2, -0.15) is 0 Å². The topological polar surface area (TPSA) is 14.8 Å². The van der Waals surface area contributed by atoms with Crippen LogP contribution in [-0.4, -0.2) is 13.7 Å². The summed E-state index contributed by atoms with van der Waals surface area (Å²) >= 11 is 0. The molecule has 0 aliphatic rings. The molecule has 3 aromatic heterocycles. The van der Waals surface area contributed by atoms with E-state index in [9.17, 15) is 0 Å². The monoisotopic (exact) mass is 1050 g/mol. The molecular formula is C79H61N3. The number of hydrogen-bond donors (Lipinski definition) is 0. The largest absolute Gasteiger partial charge is 0.309 e. The molecule has 0 N–H and O–H groups in total. The van der Waals surface area contributed by atoms with Crippen LogP contribution in [0.4, 0.5) is 0 Å². The molecule has 0 unspecified atom stereocenters. The lowest BCUT2D eigenvalue weighted by Crippen LogP contribution is -1.96. The number of benzene rings is 11. The van der Waals surface area contributed by atoms with Crippen LogP contribution in [0.2, 0.25) is 0 Å². The lowest BCUT2D eigenvalue weighted by Gasteiger charge is -2.15. The maximum atomic E-state index is 3.56. The van der Waals surface area contributed by atoms with E-state index in [0.29, 0.717) is 0 Å². The molecule has 82 heavy (non-hydrogen) atoms. The van der Waals surface area contributed by atoms with Crippen LogP contribution in [0, 0.1) is 0 Å². The summed E-state index contributed by atoms with van der Waals surface area (Å²) in [6.07, 6.45) is 12.5. The Bertz CT molecular complexity index is 4450. The van der Waals surface area contributed by atoms with Crippen molar-refractivity contribution in [1.82, 2.24) is 13.7 Å². The first-order chi connectivity index (χ1) is 40.4. The molecule has 0 atom stereocenters. The van der Waals surface area contributed by atoms with Gasteiger partial charge in [0.15, 0.2) is 0 Å². The van der Waals surface area contributed by atoms with Gasteiger partial charge in [-0.1, -0.05) is 244 Å². The van der Waals surface area contributed by atoms with Gasteiger partial charge in [-0.25, -0.2) is 0 Å². The number of aromatic nitrogens is 3. The van der Waals surface area contributed by atoms with Gasteiger partial charge in [0.1, 0.15) is 0 Å². The van der Waals surface area contributed by atoms with Crippen LogP contribution in [0.3, 0.4) is 0 Å². The lowest BCUT2D eigenvalue weighted by atomic mass is 9.96. The standard InChI is InChI=1S/C66H43N3.C7H10.C6H8/c1-3-15-44(16-4-1)46-27-33-52(34-28-46)67-63-25-13-9-21-57(63)59-42-48(31-37-65(59)67)50-39-51(41-54(40-50)69-61-23-11-7-19-55(61)56-20-8-12-24-62(56)69)49-32-38-66-60(43-49)58-22-10-14-26-64(58)68(66)53-35-29-47(30-36-53)45-17-5-2-6-18-45;1-4-6-7(3)5-2;1-3-5-6-4-2/h1-43H;4-6H,1-2H2,3H3;3-6H,1-2H2/b;7-6+;6-5-. The Kier molecular flexibility index (Phi) is 14.8. The van der Waals surface area contributed by atoms with E-state index in [2.05, 4.69) is 301 Å². The summed E-state index contributed by atoms with van der Waals surface area (Å²) in [6.45, 7) is 16.0. The van der Waals surface area contributed by atoms with Crippen LogP contribution in [0.1, 0.15) is 6.92 Å². The first-order valence-corrected chi connectivity index (χ1v) is 27.8. The smallest absolute Gasteiger partial charge is 0.0541 e. The lowest BCUT2D eigenvalue weighted by molar-refractivity contribution is 1.18. The van der Waals surface area contributed by atoms with Gasteiger partial charge in [0, 0.05) is 49.4 Å². The van der Waals surface area contributed by atoms with Crippen LogP contribution >= 0.6 is 0 Å². The molecule has 0 aliphatic heterocycles. The normalized spacial score (nSPS) is 11.5. The van der Waals surface area contributed by atoms with Gasteiger partial charge in [0.25, 0.3) is 0 Å². The van der Waals surface area contributed by atoms with E-state index in [1.54, 1.807) is 24.3 Å². The maximum Gasteiger partial charge on any atom is 0.0541 e. The summed E-state index contributed by atoms with van der Waals surface area (Å²) < 4.78 is 7.27. The number of hydrogen-bond acceptors (Lipinski definition) is 0. The number of nitrogens with zero attached hydrogens (tertiary/aromatic N) is 3. The Morgan fingerprint density at radius 1 is 0.268 bits per heavy atom. The fourth-order valence-corrected chi connectivity index (χ4v) is 11.4. The molecule has 392 valence electrons. The van der Waals surface area contributed by atoms with E-state index in [0.717, 1.165) is 33.8 Å². The van der Waals surface area contributed by atoms with Crippen molar-refractivity contribution in [3.63, 3.8) is 0 Å². The maximum absolute atomic E-state index is 3.56. The molecule has 0 amide bonds. The molecule has 0 spiro atoms. The molecule has 0 bridgehead atoms. The van der Waals surface area contributed by atoms with Crippen molar-refractivity contribution >= 4 is 65.4 Å². The van der Waals surface area contributed by atoms with Gasteiger partial charge < -0.3 is 13.7 Å². The first kappa shape index (κ1) is 52.0. The second-order valence-electron chi connectivity index (χ2n) is 20.3.